The number of carbonyl (C=O) groups is 2. The molecule has 0 bridgehead atoms. The van der Waals surface area contributed by atoms with Crippen LogP contribution in [0.4, 0.5) is 4.79 Å². The molecule has 1 aromatic carbocycles. The number of hydrogen-bond acceptors (Lipinski definition) is 5. The lowest BCUT2D eigenvalue weighted by Gasteiger charge is -2.14. The quantitative estimate of drug-likeness (QED) is 0.833. The molecule has 7 nitrogen and oxygen atoms in total. The Morgan fingerprint density at radius 1 is 1.20 bits per heavy atom. The fraction of sp³-hybridized carbons (Fsp3) is 0.333. The third-order valence-corrected chi connectivity index (χ3v) is 3.53. The zero-order valence-electron chi connectivity index (χ0n) is 11.3. The van der Waals surface area contributed by atoms with Gasteiger partial charge in [-0.1, -0.05) is 0 Å². The van der Waals surface area contributed by atoms with Crippen LogP contribution in [0.3, 0.4) is 0 Å². The van der Waals surface area contributed by atoms with E-state index in [-0.39, 0.29) is 4.90 Å². The molecule has 0 saturated carbocycles. The summed E-state index contributed by atoms with van der Waals surface area (Å²) in [6.07, 6.45) is 0.207. The molecule has 8 heteroatoms. The Morgan fingerprint density at radius 2 is 1.75 bits per heavy atom. The first kappa shape index (κ1) is 16.0. The molecule has 0 saturated heterocycles. The predicted molar refractivity (Wildman–Crippen MR) is 72.2 cm³/mol. The van der Waals surface area contributed by atoms with Crippen LogP contribution < -0.4 is 15.4 Å². The molecule has 110 valence electrons. The molecule has 0 fully saturated rings. The van der Waals surface area contributed by atoms with E-state index in [1.807, 2.05) is 0 Å². The van der Waals surface area contributed by atoms with Gasteiger partial charge in [0.15, 0.2) is 15.9 Å². The summed E-state index contributed by atoms with van der Waals surface area (Å²) in [7, 11) is -1.88. The molecule has 0 aliphatic heterocycles. The Bertz CT molecular complexity index is 595. The normalized spacial score (nSPS) is 12.3. The SMILES string of the molecule is CNC(=O)NC(=O)C(C)Oc1ccc(S(C)(=O)=O)cc1. The topological polar surface area (TPSA) is 102 Å². The summed E-state index contributed by atoms with van der Waals surface area (Å²) in [5.41, 5.74) is 0. The van der Waals surface area contributed by atoms with E-state index in [9.17, 15) is 18.0 Å². The standard InChI is InChI=1S/C12H16N2O5S/c1-8(11(15)14-12(16)13-2)19-9-4-6-10(7-5-9)20(3,17)18/h4-8H,1-3H3,(H2,13,14,15,16). The minimum absolute atomic E-state index is 0.160. The van der Waals surface area contributed by atoms with E-state index in [1.165, 1.54) is 38.2 Å². The highest BCUT2D eigenvalue weighted by Crippen LogP contribution is 2.17. The second-order valence-electron chi connectivity index (χ2n) is 4.07. The van der Waals surface area contributed by atoms with Gasteiger partial charge in [0.1, 0.15) is 5.75 Å². The maximum absolute atomic E-state index is 11.6. The van der Waals surface area contributed by atoms with Crippen molar-refractivity contribution in [2.75, 3.05) is 13.3 Å². The summed E-state index contributed by atoms with van der Waals surface area (Å²) in [6.45, 7) is 1.47. The van der Waals surface area contributed by atoms with Gasteiger partial charge >= 0.3 is 6.03 Å². The first-order valence-corrected chi connectivity index (χ1v) is 7.62. The van der Waals surface area contributed by atoms with Crippen LogP contribution in [0.1, 0.15) is 6.92 Å². The first-order valence-electron chi connectivity index (χ1n) is 5.73. The molecule has 0 aliphatic carbocycles. The number of amides is 3. The molecule has 1 rings (SSSR count). The van der Waals surface area contributed by atoms with Crippen LogP contribution in [0.15, 0.2) is 29.2 Å². The van der Waals surface area contributed by atoms with Crippen LogP contribution in [0.25, 0.3) is 0 Å². The van der Waals surface area contributed by atoms with Crippen molar-refractivity contribution in [1.29, 1.82) is 0 Å². The minimum Gasteiger partial charge on any atom is -0.481 e. The molecule has 1 unspecified atom stereocenters. The predicted octanol–water partition coefficient (Wildman–Crippen LogP) is 0.313. The fourth-order valence-electron chi connectivity index (χ4n) is 1.30. The molecule has 20 heavy (non-hydrogen) atoms. The van der Waals surface area contributed by atoms with Crippen molar-refractivity contribution in [2.45, 2.75) is 17.9 Å². The van der Waals surface area contributed by atoms with Crippen molar-refractivity contribution in [2.24, 2.45) is 0 Å². The molecular weight excluding hydrogens is 284 g/mol. The van der Waals surface area contributed by atoms with Gasteiger partial charge in [0, 0.05) is 13.3 Å². The number of benzene rings is 1. The van der Waals surface area contributed by atoms with Crippen LogP contribution >= 0.6 is 0 Å². The lowest BCUT2D eigenvalue weighted by molar-refractivity contribution is -0.126. The summed E-state index contributed by atoms with van der Waals surface area (Å²) < 4.78 is 27.9. The highest BCUT2D eigenvalue weighted by atomic mass is 32.2. The van der Waals surface area contributed by atoms with E-state index in [1.54, 1.807) is 0 Å². The second kappa shape index (κ2) is 6.38. The number of ether oxygens (including phenoxy) is 1. The summed E-state index contributed by atoms with van der Waals surface area (Å²) in [5, 5.41) is 4.32. The van der Waals surface area contributed by atoms with Gasteiger partial charge in [0.05, 0.1) is 4.90 Å². The lowest BCUT2D eigenvalue weighted by Crippen LogP contribution is -2.43. The fourth-order valence-corrected chi connectivity index (χ4v) is 1.93. The van der Waals surface area contributed by atoms with Crippen molar-refractivity contribution < 1.29 is 22.7 Å². The molecule has 0 aliphatic rings. The van der Waals surface area contributed by atoms with Crippen molar-refractivity contribution >= 4 is 21.8 Å². The summed E-state index contributed by atoms with van der Waals surface area (Å²) in [6, 6.07) is 5.03. The van der Waals surface area contributed by atoms with Crippen LogP contribution in [0.2, 0.25) is 0 Å². The smallest absolute Gasteiger partial charge is 0.321 e. The van der Waals surface area contributed by atoms with E-state index >= 15 is 0 Å². The van der Waals surface area contributed by atoms with Gasteiger partial charge in [0.2, 0.25) is 0 Å². The number of carbonyl (C=O) groups excluding carboxylic acids is 2. The zero-order valence-corrected chi connectivity index (χ0v) is 12.2. The van der Waals surface area contributed by atoms with Crippen molar-refractivity contribution in [3.8, 4) is 5.75 Å². The Kier molecular flexibility index (Phi) is 5.09. The molecule has 0 heterocycles. The summed E-state index contributed by atoms with van der Waals surface area (Å²) in [4.78, 5) is 22.7. The van der Waals surface area contributed by atoms with E-state index in [0.29, 0.717) is 5.75 Å². The minimum atomic E-state index is -3.27. The van der Waals surface area contributed by atoms with Crippen molar-refractivity contribution in [3.05, 3.63) is 24.3 Å². The third-order valence-electron chi connectivity index (χ3n) is 2.40. The first-order chi connectivity index (χ1) is 9.24. The van der Waals surface area contributed by atoms with Gasteiger partial charge in [-0.2, -0.15) is 0 Å². The molecule has 2 N–H and O–H groups in total. The van der Waals surface area contributed by atoms with Crippen molar-refractivity contribution in [1.82, 2.24) is 10.6 Å². The highest BCUT2D eigenvalue weighted by molar-refractivity contribution is 7.90. The average molecular weight is 300 g/mol. The molecule has 1 aromatic rings. The van der Waals surface area contributed by atoms with Gasteiger partial charge in [-0.25, -0.2) is 13.2 Å². The van der Waals surface area contributed by atoms with Gasteiger partial charge in [-0.05, 0) is 31.2 Å². The zero-order chi connectivity index (χ0) is 15.3. The Hall–Kier alpha value is -2.09. The Balaban J connectivity index is 2.69. The third kappa shape index (κ3) is 4.54. The number of rotatable bonds is 4. The van der Waals surface area contributed by atoms with E-state index in [4.69, 9.17) is 4.74 Å². The number of hydrogen-bond donors (Lipinski definition) is 2. The van der Waals surface area contributed by atoms with Crippen LogP contribution in [0.5, 0.6) is 5.75 Å². The summed E-state index contributed by atoms with van der Waals surface area (Å²) >= 11 is 0. The Morgan fingerprint density at radius 3 is 2.20 bits per heavy atom. The van der Waals surface area contributed by atoms with Gasteiger partial charge in [-0.15, -0.1) is 0 Å². The van der Waals surface area contributed by atoms with E-state index in [2.05, 4.69) is 10.6 Å². The number of urea groups is 1. The Labute approximate surface area is 117 Å². The van der Waals surface area contributed by atoms with E-state index in [0.717, 1.165) is 6.26 Å². The molecule has 1 atom stereocenters. The maximum Gasteiger partial charge on any atom is 0.321 e. The molecule has 0 radical (unpaired) electrons. The molecule has 3 amide bonds. The van der Waals surface area contributed by atoms with Crippen LogP contribution in [-0.2, 0) is 14.6 Å². The van der Waals surface area contributed by atoms with Gasteiger partial charge < -0.3 is 10.1 Å². The molecule has 0 spiro atoms. The maximum atomic E-state index is 11.6. The van der Waals surface area contributed by atoms with E-state index < -0.39 is 27.9 Å². The van der Waals surface area contributed by atoms with Crippen LogP contribution in [0, 0.1) is 0 Å². The monoisotopic (exact) mass is 300 g/mol. The molecule has 0 aromatic heterocycles. The highest BCUT2D eigenvalue weighted by Gasteiger charge is 2.17. The van der Waals surface area contributed by atoms with Crippen LogP contribution in [-0.4, -0.2) is 39.8 Å². The van der Waals surface area contributed by atoms with Crippen molar-refractivity contribution in [3.63, 3.8) is 0 Å². The number of sulfone groups is 1. The van der Waals surface area contributed by atoms with Gasteiger partial charge in [0.25, 0.3) is 5.91 Å². The lowest BCUT2D eigenvalue weighted by atomic mass is 10.3. The second-order valence-corrected chi connectivity index (χ2v) is 6.09. The van der Waals surface area contributed by atoms with Gasteiger partial charge in [-0.3, -0.25) is 10.1 Å². The average Bonchev–Trinajstić information content (AvgIpc) is 2.38. The number of imide groups is 1. The summed E-state index contributed by atoms with van der Waals surface area (Å²) in [5.74, 6) is -0.270. The molecular formula is C12H16N2O5S. The number of nitrogens with one attached hydrogen (secondary N) is 2. The largest absolute Gasteiger partial charge is 0.481 e.